The highest BCUT2D eigenvalue weighted by Gasteiger charge is 2.06. The summed E-state index contributed by atoms with van der Waals surface area (Å²) in [5.41, 5.74) is 1.86. The number of halogens is 1. The average molecular weight is 268 g/mol. The topological polar surface area (TPSA) is 29.5 Å². The van der Waals surface area contributed by atoms with E-state index >= 15 is 0 Å². The number of benzene rings is 3. The highest BCUT2D eigenvalue weighted by atomic mass is 19.1. The molecule has 20 heavy (non-hydrogen) atoms. The standard InChI is InChI=1S/C17H13FO2/c1-20-17-10-14(5-7-16(17)18)11-2-3-13-9-15(19)6-4-12(13)8-11/h2-10,19H,1H3. The van der Waals surface area contributed by atoms with Crippen LogP contribution in [0, 0.1) is 5.82 Å². The van der Waals surface area contributed by atoms with Crippen molar-refractivity contribution in [3.8, 4) is 22.6 Å². The predicted octanol–water partition coefficient (Wildman–Crippen LogP) is 4.36. The van der Waals surface area contributed by atoms with Gasteiger partial charge in [0, 0.05) is 0 Å². The summed E-state index contributed by atoms with van der Waals surface area (Å²) in [4.78, 5) is 0. The molecule has 3 aromatic carbocycles. The first-order chi connectivity index (χ1) is 9.67. The molecule has 0 amide bonds. The fraction of sp³-hybridized carbons (Fsp3) is 0.0588. The quantitative estimate of drug-likeness (QED) is 0.748. The van der Waals surface area contributed by atoms with E-state index < -0.39 is 0 Å². The molecule has 0 unspecified atom stereocenters. The molecule has 0 fully saturated rings. The number of ether oxygens (including phenoxy) is 1. The highest BCUT2D eigenvalue weighted by molar-refractivity contribution is 5.88. The van der Waals surface area contributed by atoms with Crippen molar-refractivity contribution in [2.45, 2.75) is 0 Å². The van der Waals surface area contributed by atoms with Gasteiger partial charge in [-0.1, -0.05) is 24.3 Å². The number of phenols is 1. The van der Waals surface area contributed by atoms with Crippen LogP contribution in [0.3, 0.4) is 0 Å². The van der Waals surface area contributed by atoms with Crippen molar-refractivity contribution in [1.82, 2.24) is 0 Å². The smallest absolute Gasteiger partial charge is 0.165 e. The Labute approximate surface area is 116 Å². The molecule has 0 heterocycles. The zero-order valence-corrected chi connectivity index (χ0v) is 10.9. The van der Waals surface area contributed by atoms with Crippen molar-refractivity contribution < 1.29 is 14.2 Å². The van der Waals surface area contributed by atoms with Gasteiger partial charge in [0.05, 0.1) is 7.11 Å². The SMILES string of the molecule is COc1cc(-c2ccc3cc(O)ccc3c2)ccc1F. The molecule has 3 rings (SSSR count). The lowest BCUT2D eigenvalue weighted by molar-refractivity contribution is 0.387. The van der Waals surface area contributed by atoms with Crippen molar-refractivity contribution in [2.24, 2.45) is 0 Å². The van der Waals surface area contributed by atoms with Gasteiger partial charge >= 0.3 is 0 Å². The van der Waals surface area contributed by atoms with Crippen molar-refractivity contribution in [2.75, 3.05) is 7.11 Å². The number of hydrogen-bond acceptors (Lipinski definition) is 2. The third kappa shape index (κ3) is 2.18. The third-order valence-electron chi connectivity index (χ3n) is 3.31. The van der Waals surface area contributed by atoms with Gasteiger partial charge in [-0.2, -0.15) is 0 Å². The Morgan fingerprint density at radius 3 is 2.30 bits per heavy atom. The number of aromatic hydroxyl groups is 1. The molecule has 100 valence electrons. The predicted molar refractivity (Wildman–Crippen MR) is 77.6 cm³/mol. The lowest BCUT2D eigenvalue weighted by Crippen LogP contribution is -1.88. The van der Waals surface area contributed by atoms with Gasteiger partial charge in [-0.25, -0.2) is 4.39 Å². The minimum absolute atomic E-state index is 0.230. The molecule has 2 nitrogen and oxygen atoms in total. The van der Waals surface area contributed by atoms with E-state index in [0.29, 0.717) is 0 Å². The molecule has 3 heteroatoms. The Balaban J connectivity index is 2.12. The van der Waals surface area contributed by atoms with Gasteiger partial charge in [-0.3, -0.25) is 0 Å². The lowest BCUT2D eigenvalue weighted by atomic mass is 10.0. The van der Waals surface area contributed by atoms with Crippen LogP contribution in [0.4, 0.5) is 4.39 Å². The normalized spacial score (nSPS) is 10.7. The number of phenolic OH excluding ortho intramolecular Hbond substituents is 1. The maximum atomic E-state index is 13.4. The van der Waals surface area contributed by atoms with Crippen LogP contribution in [0.5, 0.6) is 11.5 Å². The van der Waals surface area contributed by atoms with E-state index in [0.717, 1.165) is 21.9 Å². The molecule has 0 spiro atoms. The Morgan fingerprint density at radius 1 is 0.850 bits per heavy atom. The van der Waals surface area contributed by atoms with Crippen LogP contribution in [0.1, 0.15) is 0 Å². The maximum absolute atomic E-state index is 13.4. The fourth-order valence-electron chi connectivity index (χ4n) is 2.25. The highest BCUT2D eigenvalue weighted by Crippen LogP contribution is 2.29. The largest absolute Gasteiger partial charge is 0.508 e. The summed E-state index contributed by atoms with van der Waals surface area (Å²) < 4.78 is 18.4. The molecule has 0 aromatic heterocycles. The number of methoxy groups -OCH3 is 1. The van der Waals surface area contributed by atoms with Crippen LogP contribution in [0.25, 0.3) is 21.9 Å². The third-order valence-corrected chi connectivity index (χ3v) is 3.31. The van der Waals surface area contributed by atoms with E-state index in [1.165, 1.54) is 13.2 Å². The molecule has 0 aliphatic rings. The van der Waals surface area contributed by atoms with Crippen molar-refractivity contribution in [1.29, 1.82) is 0 Å². The maximum Gasteiger partial charge on any atom is 0.165 e. The minimum Gasteiger partial charge on any atom is -0.508 e. The summed E-state index contributed by atoms with van der Waals surface area (Å²) in [6, 6.07) is 15.9. The molecule has 0 radical (unpaired) electrons. The summed E-state index contributed by atoms with van der Waals surface area (Å²) in [7, 11) is 1.45. The second kappa shape index (κ2) is 4.85. The zero-order valence-electron chi connectivity index (χ0n) is 10.9. The van der Waals surface area contributed by atoms with Gasteiger partial charge in [0.15, 0.2) is 11.6 Å². The lowest BCUT2D eigenvalue weighted by Gasteiger charge is -2.07. The fourth-order valence-corrected chi connectivity index (χ4v) is 2.25. The Bertz CT molecular complexity index is 781. The van der Waals surface area contributed by atoms with Crippen molar-refractivity contribution in [3.05, 3.63) is 60.4 Å². The van der Waals surface area contributed by atoms with E-state index in [4.69, 9.17) is 4.74 Å². The Morgan fingerprint density at radius 2 is 1.50 bits per heavy atom. The minimum atomic E-state index is -0.373. The second-order valence-electron chi connectivity index (χ2n) is 4.60. The van der Waals surface area contributed by atoms with Crippen LogP contribution in [-0.2, 0) is 0 Å². The second-order valence-corrected chi connectivity index (χ2v) is 4.60. The van der Waals surface area contributed by atoms with Crippen molar-refractivity contribution >= 4 is 10.8 Å². The first kappa shape index (κ1) is 12.5. The molecular weight excluding hydrogens is 255 g/mol. The first-order valence-corrected chi connectivity index (χ1v) is 6.24. The summed E-state index contributed by atoms with van der Waals surface area (Å²) >= 11 is 0. The van der Waals surface area contributed by atoms with Gasteiger partial charge in [0.2, 0.25) is 0 Å². The Hall–Kier alpha value is -2.55. The average Bonchev–Trinajstić information content (AvgIpc) is 2.47. The molecule has 3 aromatic rings. The number of rotatable bonds is 2. The molecule has 0 aliphatic heterocycles. The van der Waals surface area contributed by atoms with Crippen molar-refractivity contribution in [3.63, 3.8) is 0 Å². The van der Waals surface area contributed by atoms with E-state index in [-0.39, 0.29) is 17.3 Å². The van der Waals surface area contributed by atoms with E-state index in [1.807, 2.05) is 24.3 Å². The van der Waals surface area contributed by atoms with Crippen LogP contribution >= 0.6 is 0 Å². The molecule has 1 N–H and O–H groups in total. The van der Waals surface area contributed by atoms with Crippen LogP contribution in [0.2, 0.25) is 0 Å². The number of hydrogen-bond donors (Lipinski definition) is 1. The summed E-state index contributed by atoms with van der Waals surface area (Å²) in [6.07, 6.45) is 0. The van der Waals surface area contributed by atoms with Gasteiger partial charge in [0.25, 0.3) is 0 Å². The zero-order chi connectivity index (χ0) is 14.1. The van der Waals surface area contributed by atoms with E-state index in [9.17, 15) is 9.50 Å². The van der Waals surface area contributed by atoms with Crippen LogP contribution in [0.15, 0.2) is 54.6 Å². The van der Waals surface area contributed by atoms with Crippen LogP contribution in [-0.4, -0.2) is 12.2 Å². The van der Waals surface area contributed by atoms with Gasteiger partial charge in [-0.05, 0) is 52.2 Å². The van der Waals surface area contributed by atoms with E-state index in [2.05, 4.69) is 0 Å². The molecule has 0 saturated heterocycles. The molecule has 0 saturated carbocycles. The van der Waals surface area contributed by atoms with Gasteiger partial charge in [-0.15, -0.1) is 0 Å². The monoisotopic (exact) mass is 268 g/mol. The van der Waals surface area contributed by atoms with Crippen LogP contribution < -0.4 is 4.74 Å². The summed E-state index contributed by atoms with van der Waals surface area (Å²) in [6.45, 7) is 0. The molecule has 0 bridgehead atoms. The van der Waals surface area contributed by atoms with Gasteiger partial charge < -0.3 is 9.84 Å². The molecular formula is C17H13FO2. The van der Waals surface area contributed by atoms with E-state index in [1.54, 1.807) is 24.3 Å². The Kier molecular flexibility index (Phi) is 3.03. The summed E-state index contributed by atoms with van der Waals surface area (Å²) in [5.74, 6) is 0.101. The van der Waals surface area contributed by atoms with Gasteiger partial charge in [0.1, 0.15) is 5.75 Å². The number of fused-ring (bicyclic) bond motifs is 1. The first-order valence-electron chi connectivity index (χ1n) is 6.24. The molecule has 0 atom stereocenters. The summed E-state index contributed by atoms with van der Waals surface area (Å²) in [5, 5.41) is 11.4. The molecule has 0 aliphatic carbocycles.